The van der Waals surface area contributed by atoms with Crippen LogP contribution in [0.15, 0.2) is 66.7 Å². The van der Waals surface area contributed by atoms with E-state index in [9.17, 15) is 29.1 Å². The summed E-state index contributed by atoms with van der Waals surface area (Å²) in [6.07, 6.45) is 2.05. The SMILES string of the molecule is N[C@H](Cc1ccc2ccccc2c1)C(=O)NOCc1ccc(CNC(=O)CN2CCN(CC=O)CCN(CC=O)CCN(CC(=O)O)CC2)cc1. The number of rotatable bonds is 16. The maximum absolute atomic E-state index is 13.0. The van der Waals surface area contributed by atoms with Gasteiger partial charge in [-0.2, -0.15) is 0 Å². The Hall–Kier alpha value is -4.57. The summed E-state index contributed by atoms with van der Waals surface area (Å²) in [5.41, 5.74) is 11.2. The summed E-state index contributed by atoms with van der Waals surface area (Å²) in [5.74, 6) is -1.53. The zero-order chi connectivity index (χ0) is 36.4. The molecule has 0 unspecified atom stereocenters. The maximum Gasteiger partial charge on any atom is 0.317 e. The van der Waals surface area contributed by atoms with E-state index in [1.807, 2.05) is 86.3 Å². The number of hydrogen-bond acceptors (Lipinski definition) is 11. The molecule has 51 heavy (non-hydrogen) atoms. The first-order valence-electron chi connectivity index (χ1n) is 17.2. The highest BCUT2D eigenvalue weighted by atomic mass is 16.6. The van der Waals surface area contributed by atoms with Crippen LogP contribution in [0, 0.1) is 0 Å². The van der Waals surface area contributed by atoms with E-state index in [0.29, 0.717) is 65.3 Å². The van der Waals surface area contributed by atoms with Crippen molar-refractivity contribution in [2.24, 2.45) is 5.73 Å². The molecule has 1 aliphatic heterocycles. The minimum absolute atomic E-state index is 0.113. The molecule has 1 aliphatic rings. The Balaban J connectivity index is 1.22. The lowest BCUT2D eigenvalue weighted by Crippen LogP contribution is -2.49. The molecule has 14 heteroatoms. The van der Waals surface area contributed by atoms with Crippen LogP contribution in [-0.2, 0) is 48.4 Å². The van der Waals surface area contributed by atoms with Crippen molar-refractivity contribution in [3.05, 3.63) is 83.4 Å². The number of carboxylic acid groups (broad SMARTS) is 1. The third-order valence-corrected chi connectivity index (χ3v) is 8.85. The first kappa shape index (κ1) is 39.2. The average molecular weight is 704 g/mol. The zero-order valence-electron chi connectivity index (χ0n) is 29.0. The third-order valence-electron chi connectivity index (χ3n) is 8.85. The Bertz CT molecular complexity index is 1590. The molecule has 0 spiro atoms. The van der Waals surface area contributed by atoms with E-state index in [1.165, 1.54) is 0 Å². The van der Waals surface area contributed by atoms with E-state index in [4.69, 9.17) is 10.6 Å². The lowest BCUT2D eigenvalue weighted by Gasteiger charge is -2.32. The van der Waals surface area contributed by atoms with Crippen molar-refractivity contribution in [3.8, 4) is 0 Å². The second kappa shape index (κ2) is 20.9. The van der Waals surface area contributed by atoms with Crippen LogP contribution in [0.3, 0.4) is 0 Å². The highest BCUT2D eigenvalue weighted by Crippen LogP contribution is 2.16. The van der Waals surface area contributed by atoms with Gasteiger partial charge in [0.15, 0.2) is 0 Å². The van der Waals surface area contributed by atoms with Crippen molar-refractivity contribution in [2.45, 2.75) is 25.6 Å². The van der Waals surface area contributed by atoms with E-state index < -0.39 is 17.9 Å². The molecule has 5 N–H and O–H groups in total. The molecule has 3 aromatic rings. The number of nitrogens with two attached hydrogens (primary N) is 1. The van der Waals surface area contributed by atoms with Crippen molar-refractivity contribution in [2.75, 3.05) is 78.5 Å². The van der Waals surface area contributed by atoms with E-state index in [0.717, 1.165) is 40.0 Å². The number of fused-ring (bicyclic) bond motifs is 1. The van der Waals surface area contributed by atoms with Gasteiger partial charge in [-0.05, 0) is 33.9 Å². The number of carboxylic acids is 1. The molecule has 0 bridgehead atoms. The number of amides is 2. The fourth-order valence-electron chi connectivity index (χ4n) is 5.85. The van der Waals surface area contributed by atoms with Gasteiger partial charge in [0, 0.05) is 58.9 Å². The van der Waals surface area contributed by atoms with Crippen LogP contribution >= 0.6 is 0 Å². The molecule has 0 radical (unpaired) electrons. The summed E-state index contributed by atoms with van der Waals surface area (Å²) in [6, 6.07) is 20.7. The van der Waals surface area contributed by atoms with Crippen LogP contribution in [0.5, 0.6) is 0 Å². The molecule has 1 fully saturated rings. The molecule has 274 valence electrons. The van der Waals surface area contributed by atoms with Crippen LogP contribution in [0.4, 0.5) is 0 Å². The number of benzene rings is 3. The van der Waals surface area contributed by atoms with Gasteiger partial charge in [0.1, 0.15) is 12.6 Å². The van der Waals surface area contributed by atoms with Crippen LogP contribution in [0.25, 0.3) is 10.8 Å². The van der Waals surface area contributed by atoms with Gasteiger partial charge in [0.2, 0.25) is 5.91 Å². The predicted octanol–water partition coefficient (Wildman–Crippen LogP) is 0.278. The second-order valence-electron chi connectivity index (χ2n) is 12.7. The quantitative estimate of drug-likeness (QED) is 0.119. The summed E-state index contributed by atoms with van der Waals surface area (Å²) in [5, 5.41) is 14.6. The number of hydrogen-bond donors (Lipinski definition) is 4. The summed E-state index contributed by atoms with van der Waals surface area (Å²) in [6.45, 7) is 4.96. The Morgan fingerprint density at radius 2 is 1.25 bits per heavy atom. The molecular weight excluding hydrogens is 654 g/mol. The van der Waals surface area contributed by atoms with Gasteiger partial charge in [-0.3, -0.25) is 38.8 Å². The van der Waals surface area contributed by atoms with Crippen LogP contribution in [-0.4, -0.2) is 140 Å². The van der Waals surface area contributed by atoms with Crippen LogP contribution in [0.2, 0.25) is 0 Å². The van der Waals surface area contributed by atoms with Gasteiger partial charge >= 0.3 is 5.97 Å². The Morgan fingerprint density at radius 1 is 0.725 bits per heavy atom. The summed E-state index contributed by atoms with van der Waals surface area (Å²) < 4.78 is 0. The molecule has 0 saturated carbocycles. The van der Waals surface area contributed by atoms with Crippen molar-refractivity contribution in [1.82, 2.24) is 30.4 Å². The normalized spacial score (nSPS) is 16.4. The van der Waals surface area contributed by atoms with Crippen molar-refractivity contribution >= 4 is 41.1 Å². The third kappa shape index (κ3) is 13.9. The van der Waals surface area contributed by atoms with Crippen molar-refractivity contribution < 1.29 is 33.9 Å². The summed E-state index contributed by atoms with van der Waals surface area (Å²) in [4.78, 5) is 72.7. The van der Waals surface area contributed by atoms with Crippen LogP contribution in [0.1, 0.15) is 16.7 Å². The number of hydroxylamine groups is 1. The molecule has 4 rings (SSSR count). The Morgan fingerprint density at radius 3 is 1.84 bits per heavy atom. The first-order valence-corrected chi connectivity index (χ1v) is 17.2. The smallest absolute Gasteiger partial charge is 0.317 e. The van der Waals surface area contributed by atoms with Gasteiger partial charge < -0.3 is 25.7 Å². The summed E-state index contributed by atoms with van der Waals surface area (Å²) >= 11 is 0. The summed E-state index contributed by atoms with van der Waals surface area (Å²) in [7, 11) is 0. The van der Waals surface area contributed by atoms with Gasteiger partial charge in [-0.15, -0.1) is 0 Å². The molecular formula is C37H49N7O7. The molecule has 0 aromatic heterocycles. The monoisotopic (exact) mass is 703 g/mol. The maximum atomic E-state index is 13.0. The topological polar surface area (TPSA) is 178 Å². The van der Waals surface area contributed by atoms with E-state index >= 15 is 0 Å². The van der Waals surface area contributed by atoms with E-state index in [-0.39, 0.29) is 38.7 Å². The van der Waals surface area contributed by atoms with Gasteiger partial charge in [-0.25, -0.2) is 5.48 Å². The predicted molar refractivity (Wildman–Crippen MR) is 192 cm³/mol. The number of aliphatic carboxylic acids is 1. The molecule has 14 nitrogen and oxygen atoms in total. The molecule has 1 atom stereocenters. The average Bonchev–Trinajstić information content (AvgIpc) is 3.12. The highest BCUT2D eigenvalue weighted by molar-refractivity contribution is 5.84. The van der Waals surface area contributed by atoms with E-state index in [1.54, 1.807) is 0 Å². The number of carbonyl (C=O) groups excluding carboxylic acids is 4. The van der Waals surface area contributed by atoms with Crippen molar-refractivity contribution in [1.29, 1.82) is 0 Å². The minimum Gasteiger partial charge on any atom is -0.480 e. The Kier molecular flexibility index (Phi) is 16.1. The lowest BCUT2D eigenvalue weighted by atomic mass is 10.0. The molecule has 3 aromatic carbocycles. The van der Waals surface area contributed by atoms with Crippen molar-refractivity contribution in [3.63, 3.8) is 0 Å². The molecule has 1 saturated heterocycles. The number of aldehydes is 2. The zero-order valence-corrected chi connectivity index (χ0v) is 29.0. The first-order chi connectivity index (χ1) is 24.7. The van der Waals surface area contributed by atoms with Gasteiger partial charge in [0.05, 0.1) is 38.8 Å². The van der Waals surface area contributed by atoms with Crippen LogP contribution < -0.4 is 16.5 Å². The minimum atomic E-state index is -0.940. The largest absolute Gasteiger partial charge is 0.480 e. The number of carbonyl (C=O) groups is 5. The fraction of sp³-hybridized carbons (Fsp3) is 0.432. The highest BCUT2D eigenvalue weighted by Gasteiger charge is 2.19. The second-order valence-corrected chi connectivity index (χ2v) is 12.7. The molecule has 0 aliphatic carbocycles. The lowest BCUT2D eigenvalue weighted by molar-refractivity contribution is -0.138. The Labute approximate surface area is 298 Å². The van der Waals surface area contributed by atoms with E-state index in [2.05, 4.69) is 10.8 Å². The standard InChI is InChI=1S/C37H49N7O7/c38-34(24-31-9-10-32-3-1-2-4-33(32)23-31)37(50)40-51-28-30-7-5-29(6-8-30)25-39-35(47)26-43-15-13-41(19-21-45)11-12-42(20-22-46)14-16-44(18-17-43)27-36(48)49/h1-10,21-23,34H,11-20,24-28,38H2,(H,39,47)(H,40,50)(H,48,49)/t34-/m1/s1. The number of nitrogens with zero attached hydrogens (tertiary/aromatic N) is 4. The number of nitrogens with one attached hydrogen (secondary N) is 2. The van der Waals surface area contributed by atoms with Gasteiger partial charge in [-0.1, -0.05) is 66.7 Å². The fourth-order valence-corrected chi connectivity index (χ4v) is 5.85. The molecule has 1 heterocycles. The van der Waals surface area contributed by atoms with Gasteiger partial charge in [0.25, 0.3) is 5.91 Å². The molecule has 2 amide bonds.